The first-order valence-corrected chi connectivity index (χ1v) is 17.0. The molecule has 0 radical (unpaired) electrons. The topological polar surface area (TPSA) is 0 Å². The van der Waals surface area contributed by atoms with Crippen LogP contribution in [0.4, 0.5) is 0 Å². The number of benzene rings is 7. The lowest BCUT2D eigenvalue weighted by molar-refractivity contribution is 1.24. The van der Waals surface area contributed by atoms with Gasteiger partial charge in [-0.1, -0.05) is 97.1 Å². The number of hydrogen-bond acceptors (Lipinski definition) is 0. The Labute approximate surface area is 279 Å². The van der Waals surface area contributed by atoms with Crippen molar-refractivity contribution in [3.8, 4) is 44.5 Å². The molecule has 0 spiro atoms. The standard InChI is InChI=1S/C47H42/c1-26-28(3)32(7)43-41(30(26)5)46(36-23-21-35(22-24-36)34-15-10-9-11-16-34)42-31(6)27(2)29(4)33(8)44(42)47(43)40-20-14-18-38-25-37-17-12-13-19-39(37)45(38)40/h9-24H,25H2,1-8H3. The summed E-state index contributed by atoms with van der Waals surface area (Å²) in [5, 5.41) is 5.61. The predicted octanol–water partition coefficient (Wildman–Crippen LogP) is 13.0. The molecule has 0 unspecified atom stereocenters. The first kappa shape index (κ1) is 29.5. The molecular formula is C47H42. The van der Waals surface area contributed by atoms with E-state index in [1.165, 1.54) is 122 Å². The maximum Gasteiger partial charge on any atom is -0.00132 e. The quantitative estimate of drug-likeness (QED) is 0.176. The molecule has 0 saturated carbocycles. The SMILES string of the molecule is Cc1c(C)c(C)c2c(-c3cccc4c3-c3ccccc3C4)c3c(C)c(C)c(C)c(C)c3c(-c3ccc(-c4ccccc4)cc3)c2c1C. The van der Waals surface area contributed by atoms with Gasteiger partial charge in [0.15, 0.2) is 0 Å². The predicted molar refractivity (Wildman–Crippen MR) is 204 cm³/mol. The van der Waals surface area contributed by atoms with Crippen LogP contribution in [-0.2, 0) is 6.42 Å². The molecular weight excluding hydrogens is 565 g/mol. The summed E-state index contributed by atoms with van der Waals surface area (Å²) in [6, 6.07) is 36.1. The number of aryl methyl sites for hydroxylation is 4. The second kappa shape index (κ2) is 10.8. The maximum atomic E-state index is 2.40. The molecule has 0 amide bonds. The second-order valence-electron chi connectivity index (χ2n) is 13.9. The molecule has 0 heterocycles. The van der Waals surface area contributed by atoms with Gasteiger partial charge in [-0.3, -0.25) is 0 Å². The smallest absolute Gasteiger partial charge is 0.00132 e. The summed E-state index contributed by atoms with van der Waals surface area (Å²) < 4.78 is 0. The molecule has 0 aliphatic heterocycles. The Kier molecular flexibility index (Phi) is 6.78. The van der Waals surface area contributed by atoms with Gasteiger partial charge in [-0.25, -0.2) is 0 Å². The van der Waals surface area contributed by atoms with E-state index in [-0.39, 0.29) is 0 Å². The van der Waals surface area contributed by atoms with Crippen LogP contribution < -0.4 is 0 Å². The van der Waals surface area contributed by atoms with Crippen LogP contribution >= 0.6 is 0 Å². The van der Waals surface area contributed by atoms with Gasteiger partial charge in [-0.2, -0.15) is 0 Å². The minimum absolute atomic E-state index is 0.993. The molecule has 0 aromatic heterocycles. The van der Waals surface area contributed by atoms with Gasteiger partial charge in [-0.05, 0) is 183 Å². The fourth-order valence-electron chi connectivity index (χ4n) is 8.54. The Morgan fingerprint density at radius 2 is 0.723 bits per heavy atom. The first-order valence-electron chi connectivity index (χ1n) is 17.0. The third kappa shape index (κ3) is 4.20. The van der Waals surface area contributed by atoms with Crippen LogP contribution in [0.5, 0.6) is 0 Å². The van der Waals surface area contributed by atoms with Crippen molar-refractivity contribution in [1.82, 2.24) is 0 Å². The summed E-state index contributed by atoms with van der Waals surface area (Å²) in [4.78, 5) is 0. The molecule has 0 saturated heterocycles. The van der Waals surface area contributed by atoms with Crippen molar-refractivity contribution >= 4 is 21.5 Å². The summed E-state index contributed by atoms with van der Waals surface area (Å²) in [5.41, 5.74) is 24.7. The van der Waals surface area contributed by atoms with Crippen molar-refractivity contribution in [2.45, 2.75) is 61.8 Å². The second-order valence-corrected chi connectivity index (χ2v) is 13.9. The van der Waals surface area contributed by atoms with E-state index in [0.717, 1.165) is 6.42 Å². The third-order valence-corrected chi connectivity index (χ3v) is 11.7. The van der Waals surface area contributed by atoms with Crippen molar-refractivity contribution in [2.75, 3.05) is 0 Å². The summed E-state index contributed by atoms with van der Waals surface area (Å²) >= 11 is 0. The highest BCUT2D eigenvalue weighted by Gasteiger charge is 2.29. The van der Waals surface area contributed by atoms with Crippen LogP contribution in [0.1, 0.15) is 55.6 Å². The largest absolute Gasteiger partial charge is 0.0622 e. The highest BCUT2D eigenvalue weighted by atomic mass is 14.3. The lowest BCUT2D eigenvalue weighted by Crippen LogP contribution is -2.04. The normalized spacial score (nSPS) is 12.2. The molecule has 0 bridgehead atoms. The number of rotatable bonds is 3. The highest BCUT2D eigenvalue weighted by Crippen LogP contribution is 2.53. The van der Waals surface area contributed by atoms with E-state index >= 15 is 0 Å². The summed E-state index contributed by atoms with van der Waals surface area (Å²) in [6.07, 6.45) is 0.993. The van der Waals surface area contributed by atoms with Crippen molar-refractivity contribution in [3.05, 3.63) is 153 Å². The maximum absolute atomic E-state index is 2.40. The lowest BCUT2D eigenvalue weighted by Gasteiger charge is -2.28. The summed E-state index contributed by atoms with van der Waals surface area (Å²) in [6.45, 7) is 18.7. The van der Waals surface area contributed by atoms with E-state index in [2.05, 4.69) is 152 Å². The fraction of sp³-hybridized carbons (Fsp3) is 0.191. The molecule has 0 atom stereocenters. The van der Waals surface area contributed by atoms with Gasteiger partial charge in [0.1, 0.15) is 0 Å². The van der Waals surface area contributed by atoms with Crippen LogP contribution in [0.2, 0.25) is 0 Å². The molecule has 0 nitrogen and oxygen atoms in total. The Morgan fingerprint density at radius 1 is 0.298 bits per heavy atom. The zero-order chi connectivity index (χ0) is 32.7. The molecule has 7 aromatic rings. The van der Waals surface area contributed by atoms with Gasteiger partial charge in [0.05, 0.1) is 0 Å². The Hall–Kier alpha value is -4.94. The fourth-order valence-corrected chi connectivity index (χ4v) is 8.54. The first-order chi connectivity index (χ1) is 22.7. The number of hydrogen-bond donors (Lipinski definition) is 0. The van der Waals surface area contributed by atoms with Gasteiger partial charge in [0.25, 0.3) is 0 Å². The van der Waals surface area contributed by atoms with Crippen LogP contribution in [0.25, 0.3) is 66.1 Å². The monoisotopic (exact) mass is 606 g/mol. The minimum Gasteiger partial charge on any atom is -0.0622 e. The van der Waals surface area contributed by atoms with Crippen LogP contribution in [0.3, 0.4) is 0 Å². The Balaban J connectivity index is 1.60. The molecule has 47 heavy (non-hydrogen) atoms. The molecule has 0 fully saturated rings. The van der Waals surface area contributed by atoms with Gasteiger partial charge in [0, 0.05) is 0 Å². The molecule has 0 N–H and O–H groups in total. The molecule has 8 rings (SSSR count). The number of fused-ring (bicyclic) bond motifs is 5. The Morgan fingerprint density at radius 3 is 1.30 bits per heavy atom. The average Bonchev–Trinajstić information content (AvgIpc) is 3.49. The molecule has 7 aromatic carbocycles. The summed E-state index contributed by atoms with van der Waals surface area (Å²) in [5.74, 6) is 0. The van der Waals surface area contributed by atoms with Crippen molar-refractivity contribution in [1.29, 1.82) is 0 Å². The molecule has 1 aliphatic carbocycles. The molecule has 230 valence electrons. The molecule has 1 aliphatic rings. The minimum atomic E-state index is 0.993. The third-order valence-electron chi connectivity index (χ3n) is 11.7. The highest BCUT2D eigenvalue weighted by molar-refractivity contribution is 6.26. The van der Waals surface area contributed by atoms with Gasteiger partial charge < -0.3 is 0 Å². The Bertz CT molecular complexity index is 2340. The van der Waals surface area contributed by atoms with Gasteiger partial charge in [0.2, 0.25) is 0 Å². The van der Waals surface area contributed by atoms with E-state index in [4.69, 9.17) is 0 Å². The van der Waals surface area contributed by atoms with Crippen LogP contribution in [-0.4, -0.2) is 0 Å². The van der Waals surface area contributed by atoms with E-state index in [1.807, 2.05) is 0 Å². The van der Waals surface area contributed by atoms with Crippen LogP contribution in [0, 0.1) is 55.4 Å². The zero-order valence-electron chi connectivity index (χ0n) is 28.9. The van der Waals surface area contributed by atoms with E-state index < -0.39 is 0 Å². The van der Waals surface area contributed by atoms with Crippen molar-refractivity contribution < 1.29 is 0 Å². The molecule has 0 heteroatoms. The van der Waals surface area contributed by atoms with Gasteiger partial charge >= 0.3 is 0 Å². The van der Waals surface area contributed by atoms with E-state index in [1.54, 1.807) is 0 Å². The average molecular weight is 607 g/mol. The lowest BCUT2D eigenvalue weighted by atomic mass is 9.76. The van der Waals surface area contributed by atoms with Crippen LogP contribution in [0.15, 0.2) is 97.1 Å². The summed E-state index contributed by atoms with van der Waals surface area (Å²) in [7, 11) is 0. The van der Waals surface area contributed by atoms with Crippen molar-refractivity contribution in [2.24, 2.45) is 0 Å². The van der Waals surface area contributed by atoms with E-state index in [9.17, 15) is 0 Å². The van der Waals surface area contributed by atoms with Crippen molar-refractivity contribution in [3.63, 3.8) is 0 Å². The van der Waals surface area contributed by atoms with E-state index in [0.29, 0.717) is 0 Å². The zero-order valence-corrected chi connectivity index (χ0v) is 28.9. The van der Waals surface area contributed by atoms with Gasteiger partial charge in [-0.15, -0.1) is 0 Å².